The fourth-order valence-electron chi connectivity index (χ4n) is 4.58. The standard InChI is InChI=1S/C20H24FN3O3S/c1-22(2)13-19-15-9-14(18-7-4-8-20(25)24(18)19)11-23(12-15)28(26,27)17-6-3-5-16(21)10-17/h3-8,10,14-15,19H,9,11-13H2,1-2H3/t14-,15+,19+/m1/s1. The Balaban J connectivity index is 1.75. The normalized spacial score (nSPS) is 24.9. The van der Waals surface area contributed by atoms with Gasteiger partial charge >= 0.3 is 0 Å². The Kier molecular flexibility index (Phi) is 4.89. The molecule has 1 aromatic carbocycles. The van der Waals surface area contributed by atoms with E-state index in [4.69, 9.17) is 0 Å². The van der Waals surface area contributed by atoms with E-state index >= 15 is 0 Å². The van der Waals surface area contributed by atoms with E-state index in [1.54, 1.807) is 12.1 Å². The Labute approximate surface area is 164 Å². The molecule has 1 fully saturated rings. The number of halogens is 1. The van der Waals surface area contributed by atoms with E-state index in [1.807, 2.05) is 29.6 Å². The molecule has 3 heterocycles. The summed E-state index contributed by atoms with van der Waals surface area (Å²) in [6.45, 7) is 1.28. The molecule has 28 heavy (non-hydrogen) atoms. The highest BCUT2D eigenvalue weighted by Gasteiger charge is 2.44. The smallest absolute Gasteiger partial charge is 0.251 e. The van der Waals surface area contributed by atoms with E-state index in [1.165, 1.54) is 22.5 Å². The molecule has 8 heteroatoms. The van der Waals surface area contributed by atoms with Gasteiger partial charge in [0.25, 0.3) is 5.56 Å². The van der Waals surface area contributed by atoms with Crippen molar-refractivity contribution in [2.24, 2.45) is 5.92 Å². The van der Waals surface area contributed by atoms with Crippen LogP contribution in [-0.2, 0) is 10.0 Å². The number of fused-ring (bicyclic) bond motifs is 4. The molecule has 2 bridgehead atoms. The average molecular weight is 405 g/mol. The van der Waals surface area contributed by atoms with Crippen molar-refractivity contribution in [3.05, 3.63) is 64.3 Å². The number of piperidine rings is 1. The maximum absolute atomic E-state index is 13.6. The Morgan fingerprint density at radius 1 is 1.14 bits per heavy atom. The predicted octanol–water partition coefficient (Wildman–Crippen LogP) is 1.90. The van der Waals surface area contributed by atoms with Crippen LogP contribution >= 0.6 is 0 Å². The number of pyridine rings is 1. The third-order valence-electron chi connectivity index (χ3n) is 5.75. The summed E-state index contributed by atoms with van der Waals surface area (Å²) < 4.78 is 43.2. The number of rotatable bonds is 4. The minimum Gasteiger partial charge on any atom is -0.308 e. The number of nitrogens with zero attached hydrogens (tertiary/aromatic N) is 3. The zero-order valence-corrected chi connectivity index (χ0v) is 16.8. The Hall–Kier alpha value is -2.03. The highest BCUT2D eigenvalue weighted by Crippen LogP contribution is 2.42. The van der Waals surface area contributed by atoms with Crippen molar-refractivity contribution in [1.29, 1.82) is 0 Å². The van der Waals surface area contributed by atoms with E-state index in [9.17, 15) is 17.6 Å². The second kappa shape index (κ2) is 7.09. The molecule has 0 aliphatic carbocycles. The van der Waals surface area contributed by atoms with Crippen molar-refractivity contribution in [2.75, 3.05) is 33.7 Å². The maximum atomic E-state index is 13.6. The number of aromatic nitrogens is 1. The quantitative estimate of drug-likeness (QED) is 0.780. The van der Waals surface area contributed by atoms with E-state index in [0.717, 1.165) is 18.2 Å². The first-order valence-corrected chi connectivity index (χ1v) is 10.8. The largest absolute Gasteiger partial charge is 0.308 e. The van der Waals surface area contributed by atoms with Crippen LogP contribution in [0.1, 0.15) is 24.1 Å². The molecular weight excluding hydrogens is 381 g/mol. The van der Waals surface area contributed by atoms with Crippen LogP contribution in [0.4, 0.5) is 4.39 Å². The minimum atomic E-state index is -3.80. The van der Waals surface area contributed by atoms with Crippen LogP contribution in [0.25, 0.3) is 0 Å². The Morgan fingerprint density at radius 2 is 1.89 bits per heavy atom. The Morgan fingerprint density at radius 3 is 2.61 bits per heavy atom. The van der Waals surface area contributed by atoms with Crippen LogP contribution in [0.5, 0.6) is 0 Å². The highest BCUT2D eigenvalue weighted by molar-refractivity contribution is 7.89. The van der Waals surface area contributed by atoms with E-state index < -0.39 is 15.8 Å². The topological polar surface area (TPSA) is 62.6 Å². The molecule has 2 aliphatic rings. The molecular formula is C20H24FN3O3S. The van der Waals surface area contributed by atoms with Crippen LogP contribution in [-0.4, -0.2) is 55.9 Å². The van der Waals surface area contributed by atoms with Gasteiger partial charge in [-0.2, -0.15) is 4.31 Å². The lowest BCUT2D eigenvalue weighted by Crippen LogP contribution is -2.52. The lowest BCUT2D eigenvalue weighted by molar-refractivity contribution is 0.122. The molecule has 3 atom stereocenters. The Bertz CT molecular complexity index is 1050. The van der Waals surface area contributed by atoms with Crippen LogP contribution in [0.3, 0.4) is 0 Å². The van der Waals surface area contributed by atoms with E-state index in [0.29, 0.717) is 19.6 Å². The van der Waals surface area contributed by atoms with Crippen LogP contribution < -0.4 is 5.56 Å². The number of hydrogen-bond donors (Lipinski definition) is 0. The molecule has 1 aromatic heterocycles. The van der Waals surface area contributed by atoms with Crippen LogP contribution in [0.2, 0.25) is 0 Å². The van der Waals surface area contributed by atoms with Crippen molar-refractivity contribution >= 4 is 10.0 Å². The first kappa shape index (κ1) is 19.3. The molecule has 6 nitrogen and oxygen atoms in total. The van der Waals surface area contributed by atoms with E-state index in [2.05, 4.69) is 0 Å². The number of likely N-dealkylation sites (N-methyl/N-ethyl adjacent to an activating group) is 1. The number of benzene rings is 1. The summed E-state index contributed by atoms with van der Waals surface area (Å²) in [4.78, 5) is 14.6. The van der Waals surface area contributed by atoms with Gasteiger partial charge in [0.05, 0.1) is 10.9 Å². The molecule has 2 aromatic rings. The third kappa shape index (κ3) is 3.29. The molecule has 0 N–H and O–H groups in total. The summed E-state index contributed by atoms with van der Waals surface area (Å²) in [5.41, 5.74) is 0.843. The zero-order valence-electron chi connectivity index (χ0n) is 16.0. The summed E-state index contributed by atoms with van der Waals surface area (Å²) >= 11 is 0. The third-order valence-corrected chi connectivity index (χ3v) is 7.58. The molecule has 4 rings (SSSR count). The van der Waals surface area contributed by atoms with Gasteiger partial charge < -0.3 is 9.47 Å². The molecule has 150 valence electrons. The lowest BCUT2D eigenvalue weighted by atomic mass is 9.79. The molecule has 2 aliphatic heterocycles. The van der Waals surface area contributed by atoms with Crippen LogP contribution in [0, 0.1) is 11.7 Å². The highest BCUT2D eigenvalue weighted by atomic mass is 32.2. The SMILES string of the molecule is CN(C)C[C@H]1[C@H]2C[C@H](CN(S(=O)(=O)c3cccc(F)c3)C2)c2cccc(=O)n21. The van der Waals surface area contributed by atoms with Crippen molar-refractivity contribution in [2.45, 2.75) is 23.3 Å². The molecule has 0 spiro atoms. The van der Waals surface area contributed by atoms with Crippen molar-refractivity contribution in [3.8, 4) is 0 Å². The van der Waals surface area contributed by atoms with Crippen LogP contribution in [0.15, 0.2) is 52.2 Å². The summed E-state index contributed by atoms with van der Waals surface area (Å²) in [7, 11) is 0.0977. The van der Waals surface area contributed by atoms with Crippen molar-refractivity contribution in [1.82, 2.24) is 13.8 Å². The van der Waals surface area contributed by atoms with Gasteiger partial charge in [0, 0.05) is 37.3 Å². The monoisotopic (exact) mass is 405 g/mol. The van der Waals surface area contributed by atoms with Gasteiger partial charge in [-0.15, -0.1) is 0 Å². The summed E-state index contributed by atoms with van der Waals surface area (Å²) in [5.74, 6) is -0.591. The van der Waals surface area contributed by atoms with Gasteiger partial charge in [-0.25, -0.2) is 12.8 Å². The summed E-state index contributed by atoms with van der Waals surface area (Å²) in [5, 5.41) is 0. The van der Waals surface area contributed by atoms with Gasteiger partial charge in [-0.3, -0.25) is 4.79 Å². The van der Waals surface area contributed by atoms with Gasteiger partial charge in [-0.05, 0) is 50.7 Å². The van der Waals surface area contributed by atoms with Gasteiger partial charge in [0.2, 0.25) is 10.0 Å². The summed E-state index contributed by atoms with van der Waals surface area (Å²) in [6, 6.07) is 10.3. The first-order chi connectivity index (χ1) is 13.3. The average Bonchev–Trinajstić information content (AvgIpc) is 2.65. The molecule has 0 unspecified atom stereocenters. The number of sulfonamides is 1. The number of hydrogen-bond acceptors (Lipinski definition) is 4. The van der Waals surface area contributed by atoms with Gasteiger partial charge in [0.15, 0.2) is 0 Å². The first-order valence-electron chi connectivity index (χ1n) is 9.39. The molecule has 0 amide bonds. The summed E-state index contributed by atoms with van der Waals surface area (Å²) in [6.07, 6.45) is 0.844. The second-order valence-corrected chi connectivity index (χ2v) is 9.90. The van der Waals surface area contributed by atoms with E-state index in [-0.39, 0.29) is 28.3 Å². The lowest BCUT2D eigenvalue weighted by Gasteiger charge is -2.47. The van der Waals surface area contributed by atoms with Crippen molar-refractivity contribution < 1.29 is 12.8 Å². The van der Waals surface area contributed by atoms with Gasteiger partial charge in [-0.1, -0.05) is 12.1 Å². The van der Waals surface area contributed by atoms with Gasteiger partial charge in [0.1, 0.15) is 5.82 Å². The molecule has 0 saturated carbocycles. The molecule has 1 saturated heterocycles. The fraction of sp³-hybridized carbons (Fsp3) is 0.450. The predicted molar refractivity (Wildman–Crippen MR) is 104 cm³/mol. The fourth-order valence-corrected chi connectivity index (χ4v) is 6.16. The molecule has 0 radical (unpaired) electrons. The minimum absolute atomic E-state index is 0.0251. The second-order valence-electron chi connectivity index (χ2n) is 7.96. The van der Waals surface area contributed by atoms with Crippen molar-refractivity contribution in [3.63, 3.8) is 0 Å². The zero-order chi connectivity index (χ0) is 20.1. The maximum Gasteiger partial charge on any atom is 0.251 e.